The van der Waals surface area contributed by atoms with Crippen molar-refractivity contribution in [2.45, 2.75) is 31.5 Å². The number of carbonyl (C=O) groups is 1. The molecule has 6 nitrogen and oxygen atoms in total. The van der Waals surface area contributed by atoms with E-state index in [0.717, 1.165) is 21.6 Å². The summed E-state index contributed by atoms with van der Waals surface area (Å²) in [6.45, 7) is 1.79. The molecule has 1 aromatic heterocycles. The quantitative estimate of drug-likeness (QED) is 0.471. The summed E-state index contributed by atoms with van der Waals surface area (Å²) < 4.78 is 2.27. The maximum Gasteiger partial charge on any atom is 0.308 e. The smallest absolute Gasteiger partial charge is 0.308 e. The molecule has 1 amide bonds. The average Bonchev–Trinajstić information content (AvgIpc) is 3.05. The van der Waals surface area contributed by atoms with E-state index in [9.17, 15) is 14.7 Å². The molecule has 0 saturated carbocycles. The van der Waals surface area contributed by atoms with E-state index in [-0.39, 0.29) is 29.7 Å². The number of likely N-dealkylation sites (tertiary alicyclic amines) is 1. The van der Waals surface area contributed by atoms with Crippen LogP contribution in [0.1, 0.15) is 18.4 Å². The van der Waals surface area contributed by atoms with E-state index in [1.54, 1.807) is 35.2 Å². The number of amides is 1. The van der Waals surface area contributed by atoms with Crippen molar-refractivity contribution in [3.8, 4) is 0 Å². The number of benzene rings is 2. The highest BCUT2D eigenvalue weighted by molar-refractivity contribution is 7.16. The van der Waals surface area contributed by atoms with E-state index in [1.807, 2.05) is 6.07 Å². The molecule has 0 radical (unpaired) electrons. The molecule has 1 saturated heterocycles. The summed E-state index contributed by atoms with van der Waals surface area (Å²) in [5.41, 5.74) is 0.747. The lowest BCUT2D eigenvalue weighted by atomic mass is 9.91. The molecule has 1 aliphatic rings. The van der Waals surface area contributed by atoms with Crippen LogP contribution in [0.4, 0.5) is 0 Å². The van der Waals surface area contributed by atoms with E-state index in [2.05, 4.69) is 5.32 Å². The van der Waals surface area contributed by atoms with Crippen molar-refractivity contribution in [1.82, 2.24) is 14.8 Å². The molecule has 1 aliphatic heterocycles. The molecule has 0 unspecified atom stereocenters. The van der Waals surface area contributed by atoms with Gasteiger partial charge in [-0.1, -0.05) is 52.2 Å². The van der Waals surface area contributed by atoms with Crippen molar-refractivity contribution < 1.29 is 9.90 Å². The van der Waals surface area contributed by atoms with Gasteiger partial charge in [-0.2, -0.15) is 0 Å². The number of piperidine rings is 1. The van der Waals surface area contributed by atoms with Crippen molar-refractivity contribution in [3.63, 3.8) is 0 Å². The summed E-state index contributed by atoms with van der Waals surface area (Å²) >= 11 is 19.1. The number of hydrogen-bond donors (Lipinski definition) is 2. The second kappa shape index (κ2) is 11.0. The molecule has 2 aromatic carbocycles. The fraction of sp³-hybridized carbons (Fsp3) is 0.364. The van der Waals surface area contributed by atoms with Crippen LogP contribution in [0.3, 0.4) is 0 Å². The van der Waals surface area contributed by atoms with Crippen LogP contribution in [-0.4, -0.2) is 45.7 Å². The third-order valence-electron chi connectivity index (χ3n) is 5.74. The van der Waals surface area contributed by atoms with Gasteiger partial charge in [-0.15, -0.1) is 12.4 Å². The number of halogens is 4. The zero-order valence-corrected chi connectivity index (χ0v) is 21.4. The molecule has 2 N–H and O–H groups in total. The minimum absolute atomic E-state index is 0. The normalized spacial score (nSPS) is 15.5. The SMILES string of the molecule is Cl.O=C(Cn1c(=O)sc2ccc(Cl)cc21)N1CCC(O)(CNCc2ccc(Cl)c(Cl)c2)CC1. The van der Waals surface area contributed by atoms with Crippen LogP contribution in [-0.2, 0) is 17.9 Å². The van der Waals surface area contributed by atoms with Crippen LogP contribution in [0.5, 0.6) is 0 Å². The van der Waals surface area contributed by atoms with E-state index in [4.69, 9.17) is 34.8 Å². The number of nitrogens with zero attached hydrogens (tertiary/aromatic N) is 2. The Labute approximate surface area is 216 Å². The predicted octanol–water partition coefficient (Wildman–Crippen LogP) is 4.59. The zero-order valence-electron chi connectivity index (χ0n) is 17.5. The van der Waals surface area contributed by atoms with Gasteiger partial charge >= 0.3 is 4.87 Å². The van der Waals surface area contributed by atoms with Crippen molar-refractivity contribution in [2.75, 3.05) is 19.6 Å². The lowest BCUT2D eigenvalue weighted by molar-refractivity contribution is -0.135. The Morgan fingerprint density at radius 2 is 1.82 bits per heavy atom. The maximum atomic E-state index is 12.8. The fourth-order valence-electron chi connectivity index (χ4n) is 3.86. The first-order valence-electron chi connectivity index (χ1n) is 10.2. The Morgan fingerprint density at radius 1 is 1.09 bits per heavy atom. The Morgan fingerprint density at radius 3 is 2.52 bits per heavy atom. The molecule has 2 heterocycles. The molecule has 4 rings (SSSR count). The van der Waals surface area contributed by atoms with E-state index >= 15 is 0 Å². The molecule has 0 aliphatic carbocycles. The van der Waals surface area contributed by atoms with Gasteiger partial charge in [0.1, 0.15) is 6.54 Å². The molecule has 0 spiro atoms. The highest BCUT2D eigenvalue weighted by atomic mass is 35.5. The van der Waals surface area contributed by atoms with Crippen LogP contribution < -0.4 is 10.2 Å². The average molecular weight is 551 g/mol. The van der Waals surface area contributed by atoms with Gasteiger partial charge in [0, 0.05) is 31.2 Å². The Hall–Kier alpha value is -1.32. The van der Waals surface area contributed by atoms with Gasteiger partial charge in [0.15, 0.2) is 0 Å². The fourth-order valence-corrected chi connectivity index (χ4v) is 5.22. The number of aliphatic hydroxyl groups is 1. The molecule has 178 valence electrons. The molecule has 11 heteroatoms. The van der Waals surface area contributed by atoms with Gasteiger partial charge in [0.2, 0.25) is 5.91 Å². The van der Waals surface area contributed by atoms with E-state index in [0.29, 0.717) is 59.6 Å². The summed E-state index contributed by atoms with van der Waals surface area (Å²) in [5.74, 6) is -0.141. The lowest BCUT2D eigenvalue weighted by Gasteiger charge is -2.38. The molecular formula is C22H23Cl4N3O3S. The predicted molar refractivity (Wildman–Crippen MR) is 137 cm³/mol. The molecule has 33 heavy (non-hydrogen) atoms. The zero-order chi connectivity index (χ0) is 22.9. The number of carbonyl (C=O) groups excluding carboxylic acids is 1. The first-order valence-corrected chi connectivity index (χ1v) is 12.1. The van der Waals surface area contributed by atoms with E-state index in [1.165, 1.54) is 4.57 Å². The minimum Gasteiger partial charge on any atom is -0.388 e. The third-order valence-corrected chi connectivity index (χ3v) is 7.67. The topological polar surface area (TPSA) is 74.6 Å². The van der Waals surface area contributed by atoms with Gasteiger partial charge in [-0.05, 0) is 48.7 Å². The highest BCUT2D eigenvalue weighted by Crippen LogP contribution is 2.25. The lowest BCUT2D eigenvalue weighted by Crippen LogP contribution is -2.51. The van der Waals surface area contributed by atoms with Crippen LogP contribution >= 0.6 is 58.5 Å². The maximum absolute atomic E-state index is 12.8. The van der Waals surface area contributed by atoms with Gasteiger partial charge in [0.05, 0.1) is 25.9 Å². The highest BCUT2D eigenvalue weighted by Gasteiger charge is 2.33. The van der Waals surface area contributed by atoms with Gasteiger partial charge < -0.3 is 15.3 Å². The van der Waals surface area contributed by atoms with Crippen molar-refractivity contribution >= 4 is 74.7 Å². The van der Waals surface area contributed by atoms with Gasteiger partial charge in [-0.3, -0.25) is 14.2 Å². The standard InChI is InChI=1S/C22H22Cl3N3O3S.ClH/c23-15-2-4-19-18(10-15)28(21(30)32-19)12-20(29)27-7-5-22(31,6-8-27)13-26-11-14-1-3-16(24)17(25)9-14;/h1-4,9-10,26,31H,5-8,11-13H2;1H. The number of hydrogen-bond acceptors (Lipinski definition) is 5. The minimum atomic E-state index is -0.896. The first-order chi connectivity index (χ1) is 15.2. The molecule has 1 fully saturated rings. The van der Waals surface area contributed by atoms with Gasteiger partial charge in [-0.25, -0.2) is 0 Å². The summed E-state index contributed by atoms with van der Waals surface area (Å²) in [4.78, 5) is 26.7. The van der Waals surface area contributed by atoms with Crippen LogP contribution in [0, 0.1) is 0 Å². The first kappa shape index (κ1) is 26.3. The Kier molecular flexibility index (Phi) is 8.72. The van der Waals surface area contributed by atoms with Crippen molar-refractivity contribution in [2.24, 2.45) is 0 Å². The second-order valence-corrected chi connectivity index (χ2v) is 10.3. The van der Waals surface area contributed by atoms with Crippen LogP contribution in [0.25, 0.3) is 10.2 Å². The monoisotopic (exact) mass is 549 g/mol. The summed E-state index contributed by atoms with van der Waals surface area (Å²) in [6, 6.07) is 10.7. The third kappa shape index (κ3) is 6.22. The number of rotatable bonds is 6. The molecule has 0 bridgehead atoms. The molecule has 0 atom stereocenters. The van der Waals surface area contributed by atoms with E-state index < -0.39 is 5.60 Å². The van der Waals surface area contributed by atoms with Gasteiger partial charge in [0.25, 0.3) is 0 Å². The van der Waals surface area contributed by atoms with Crippen molar-refractivity contribution in [1.29, 1.82) is 0 Å². The summed E-state index contributed by atoms with van der Waals surface area (Å²) in [6.07, 6.45) is 0.913. The van der Waals surface area contributed by atoms with Crippen molar-refractivity contribution in [3.05, 3.63) is 66.7 Å². The molecular weight excluding hydrogens is 528 g/mol. The Balaban J connectivity index is 0.00000306. The number of fused-ring (bicyclic) bond motifs is 1. The summed E-state index contributed by atoms with van der Waals surface area (Å²) in [5, 5.41) is 15.7. The summed E-state index contributed by atoms with van der Waals surface area (Å²) in [7, 11) is 0. The number of thiazole rings is 1. The van der Waals surface area contributed by atoms with Crippen LogP contribution in [0.2, 0.25) is 15.1 Å². The largest absolute Gasteiger partial charge is 0.388 e. The number of nitrogens with one attached hydrogen (secondary N) is 1. The van der Waals surface area contributed by atoms with Crippen LogP contribution in [0.15, 0.2) is 41.2 Å². The second-order valence-electron chi connectivity index (χ2n) is 8.02. The molecule has 3 aromatic rings. The number of aromatic nitrogens is 1. The Bertz CT molecular complexity index is 1210.